The molecule has 62 heavy (non-hydrogen) atoms. The van der Waals surface area contributed by atoms with E-state index in [-0.39, 0.29) is 5.41 Å². The van der Waals surface area contributed by atoms with E-state index >= 15 is 0 Å². The zero-order valence-electron chi connectivity index (χ0n) is 34.6. The monoisotopic (exact) mass is 792 g/mol. The lowest BCUT2D eigenvalue weighted by molar-refractivity contribution is 0.353. The van der Waals surface area contributed by atoms with Crippen molar-refractivity contribution in [2.75, 3.05) is 0 Å². The quantitative estimate of drug-likeness (QED) is 0.168. The maximum Gasteiger partial charge on any atom is 0.160 e. The summed E-state index contributed by atoms with van der Waals surface area (Å²) in [7, 11) is 0. The molecular weight excluding hydrogens is 749 g/mol. The van der Waals surface area contributed by atoms with Crippen LogP contribution in [0.5, 0.6) is 0 Å². The van der Waals surface area contributed by atoms with Gasteiger partial charge in [0.15, 0.2) is 5.82 Å². The molecule has 1 heterocycles. The van der Waals surface area contributed by atoms with Gasteiger partial charge in [-0.25, -0.2) is 9.97 Å². The van der Waals surface area contributed by atoms with Crippen LogP contribution in [0, 0.1) is 0 Å². The molecule has 2 aliphatic carbocycles. The van der Waals surface area contributed by atoms with Crippen molar-refractivity contribution in [3.8, 4) is 78.4 Å². The van der Waals surface area contributed by atoms with Crippen molar-refractivity contribution in [2.45, 2.75) is 37.5 Å². The van der Waals surface area contributed by atoms with E-state index in [1.165, 1.54) is 104 Å². The molecule has 0 bridgehead atoms. The number of aromatic nitrogens is 2. The third-order valence-electron chi connectivity index (χ3n) is 13.7. The summed E-state index contributed by atoms with van der Waals surface area (Å²) in [5.41, 5.74) is 18.3. The maximum absolute atomic E-state index is 5.22. The van der Waals surface area contributed by atoms with E-state index in [1.54, 1.807) is 0 Å². The van der Waals surface area contributed by atoms with Crippen LogP contribution in [0.15, 0.2) is 206 Å². The Labute approximate surface area is 363 Å². The molecule has 9 aromatic carbocycles. The molecule has 0 N–H and O–H groups in total. The second-order valence-corrected chi connectivity index (χ2v) is 17.2. The van der Waals surface area contributed by atoms with Crippen molar-refractivity contribution < 1.29 is 0 Å². The van der Waals surface area contributed by atoms with Gasteiger partial charge in [-0.05, 0) is 120 Å². The number of hydrogen-bond acceptors (Lipinski definition) is 2. The number of nitrogens with zero attached hydrogens (tertiary/aromatic N) is 2. The van der Waals surface area contributed by atoms with E-state index in [1.807, 2.05) is 18.2 Å². The van der Waals surface area contributed by atoms with Gasteiger partial charge in [0.1, 0.15) is 0 Å². The van der Waals surface area contributed by atoms with E-state index in [0.717, 1.165) is 33.6 Å². The summed E-state index contributed by atoms with van der Waals surface area (Å²) >= 11 is 0. The molecule has 2 nitrogen and oxygen atoms in total. The maximum atomic E-state index is 5.22. The van der Waals surface area contributed by atoms with Gasteiger partial charge in [0.2, 0.25) is 0 Å². The van der Waals surface area contributed by atoms with Gasteiger partial charge < -0.3 is 0 Å². The molecule has 1 fully saturated rings. The van der Waals surface area contributed by atoms with E-state index in [2.05, 4.69) is 188 Å². The minimum Gasteiger partial charge on any atom is -0.228 e. The molecule has 0 unspecified atom stereocenters. The first-order chi connectivity index (χ1) is 30.7. The number of benzene rings is 9. The highest BCUT2D eigenvalue weighted by Gasteiger charge is 2.44. The molecule has 0 aliphatic heterocycles. The molecule has 12 rings (SSSR count). The summed E-state index contributed by atoms with van der Waals surface area (Å²) < 4.78 is 0. The fraction of sp³-hybridized carbons (Fsp3) is 0.100. The minimum absolute atomic E-state index is 0.0993. The molecule has 1 spiro atoms. The number of rotatable bonds is 6. The van der Waals surface area contributed by atoms with Gasteiger partial charge >= 0.3 is 0 Å². The molecule has 0 radical (unpaired) electrons. The van der Waals surface area contributed by atoms with Crippen molar-refractivity contribution in [3.05, 3.63) is 217 Å². The molecule has 0 atom stereocenters. The Morgan fingerprint density at radius 3 is 1.65 bits per heavy atom. The average Bonchev–Trinajstić information content (AvgIpc) is 3.60. The number of hydrogen-bond donors (Lipinski definition) is 0. The van der Waals surface area contributed by atoms with Crippen LogP contribution in [0.2, 0.25) is 0 Å². The second kappa shape index (κ2) is 14.9. The van der Waals surface area contributed by atoms with Crippen molar-refractivity contribution >= 4 is 21.5 Å². The number of fused-ring (bicyclic) bond motifs is 7. The molecule has 2 heteroatoms. The van der Waals surface area contributed by atoms with Gasteiger partial charge in [0.05, 0.1) is 11.4 Å². The Morgan fingerprint density at radius 2 is 0.887 bits per heavy atom. The van der Waals surface area contributed by atoms with Crippen molar-refractivity contribution in [1.29, 1.82) is 0 Å². The van der Waals surface area contributed by atoms with E-state index < -0.39 is 0 Å². The Bertz CT molecular complexity index is 3300. The molecule has 294 valence electrons. The van der Waals surface area contributed by atoms with Crippen LogP contribution in [0.25, 0.3) is 100.0 Å². The summed E-state index contributed by atoms with van der Waals surface area (Å²) in [5.74, 6) is 0.713. The zero-order valence-corrected chi connectivity index (χ0v) is 34.6. The highest BCUT2D eigenvalue weighted by atomic mass is 14.9. The van der Waals surface area contributed by atoms with Crippen LogP contribution in [-0.4, -0.2) is 9.97 Å². The van der Waals surface area contributed by atoms with Crippen molar-refractivity contribution in [2.24, 2.45) is 0 Å². The molecule has 0 amide bonds. The first-order valence-corrected chi connectivity index (χ1v) is 22.1. The molecule has 1 aromatic heterocycles. The third-order valence-corrected chi connectivity index (χ3v) is 13.7. The van der Waals surface area contributed by atoms with Crippen LogP contribution in [0.3, 0.4) is 0 Å². The van der Waals surface area contributed by atoms with Crippen molar-refractivity contribution in [1.82, 2.24) is 9.97 Å². The molecule has 2 aliphatic rings. The lowest BCUT2D eigenvalue weighted by Crippen LogP contribution is -2.28. The van der Waals surface area contributed by atoms with Gasteiger partial charge in [0, 0.05) is 22.1 Å². The summed E-state index contributed by atoms with van der Waals surface area (Å²) in [6.07, 6.45) is 6.35. The topological polar surface area (TPSA) is 25.8 Å². The normalized spacial score (nSPS) is 13.9. The predicted octanol–water partition coefficient (Wildman–Crippen LogP) is 16.0. The third kappa shape index (κ3) is 6.17. The van der Waals surface area contributed by atoms with E-state index in [0.29, 0.717) is 5.82 Å². The highest BCUT2D eigenvalue weighted by molar-refractivity contribution is 6.01. The first kappa shape index (κ1) is 36.4. The van der Waals surface area contributed by atoms with Gasteiger partial charge in [0.25, 0.3) is 0 Å². The Morgan fingerprint density at radius 1 is 0.323 bits per heavy atom. The first-order valence-electron chi connectivity index (χ1n) is 22.1. The standard InChI is InChI=1S/C60H44N2/c1-4-15-40(16-5-1)45-22-12-23-48(35-45)56-39-57(62-59(61-56)44-17-6-2-7-18-44)49-32-31-41-21-13-24-50(52(41)37-49)42-27-29-43(30-28-42)51-25-14-26-54-58(51)53-36-46-19-8-9-20-47(46)38-55(53)60(54)33-10-3-11-34-60/h1-2,4-9,12-32,35-39H,3,10-11,33-34H2. The van der Waals surface area contributed by atoms with Crippen LogP contribution in [0.4, 0.5) is 0 Å². The largest absolute Gasteiger partial charge is 0.228 e. The average molecular weight is 793 g/mol. The second-order valence-electron chi connectivity index (χ2n) is 17.2. The summed E-state index contributed by atoms with van der Waals surface area (Å²) in [4.78, 5) is 10.4. The van der Waals surface area contributed by atoms with Crippen LogP contribution >= 0.6 is 0 Å². The Kier molecular flexibility index (Phi) is 8.78. The Balaban J connectivity index is 0.946. The van der Waals surface area contributed by atoms with Crippen LogP contribution in [0.1, 0.15) is 43.2 Å². The fourth-order valence-corrected chi connectivity index (χ4v) is 10.6. The summed E-state index contributed by atoms with van der Waals surface area (Å²) in [6.45, 7) is 0. The lowest BCUT2D eigenvalue weighted by Gasteiger charge is -2.36. The SMILES string of the molecule is c1ccc(-c2cccc(-c3cc(-c4ccc5cccc(-c6ccc(-c7cccc8c7-c7cc9ccccc9cc7C87CCCCC7)cc6)c5c4)nc(-c4ccccc4)n3)c2)cc1. The Hall–Kier alpha value is -7.42. The van der Waals surface area contributed by atoms with Gasteiger partial charge in [-0.3, -0.25) is 0 Å². The zero-order chi connectivity index (χ0) is 41.0. The molecule has 10 aromatic rings. The summed E-state index contributed by atoms with van der Waals surface area (Å²) in [6, 6.07) is 75.3. The smallest absolute Gasteiger partial charge is 0.160 e. The van der Waals surface area contributed by atoms with Gasteiger partial charge in [-0.15, -0.1) is 0 Å². The summed E-state index contributed by atoms with van der Waals surface area (Å²) in [5, 5.41) is 5.06. The minimum atomic E-state index is 0.0993. The van der Waals surface area contributed by atoms with Gasteiger partial charge in [-0.1, -0.05) is 195 Å². The molecule has 0 saturated heterocycles. The molecular formula is C60H44N2. The van der Waals surface area contributed by atoms with Gasteiger partial charge in [-0.2, -0.15) is 0 Å². The van der Waals surface area contributed by atoms with E-state index in [4.69, 9.17) is 9.97 Å². The molecule has 1 saturated carbocycles. The van der Waals surface area contributed by atoms with E-state index in [9.17, 15) is 0 Å². The van der Waals surface area contributed by atoms with Crippen LogP contribution < -0.4 is 0 Å². The predicted molar refractivity (Wildman–Crippen MR) is 259 cm³/mol. The van der Waals surface area contributed by atoms with Crippen LogP contribution in [-0.2, 0) is 5.41 Å². The van der Waals surface area contributed by atoms with Crippen molar-refractivity contribution in [3.63, 3.8) is 0 Å². The lowest BCUT2D eigenvalue weighted by atomic mass is 9.67. The fourth-order valence-electron chi connectivity index (χ4n) is 10.6. The highest BCUT2D eigenvalue weighted by Crippen LogP contribution is 2.58.